The summed E-state index contributed by atoms with van der Waals surface area (Å²) in [6, 6.07) is 9.32. The Morgan fingerprint density at radius 3 is 2.70 bits per heavy atom. The van der Waals surface area contributed by atoms with Gasteiger partial charge in [0.25, 0.3) is 5.91 Å². The molecule has 0 bridgehead atoms. The SMILES string of the molecule is O=C1Cc2cc(S(=O)(=O)N3CCc4cc(C(=O)NO)ccc4C3)ccc2O1. The number of nitrogens with one attached hydrogen (secondary N) is 1. The van der Waals surface area contributed by atoms with Crippen LogP contribution in [0.4, 0.5) is 0 Å². The Morgan fingerprint density at radius 2 is 1.93 bits per heavy atom. The molecule has 2 aliphatic rings. The predicted octanol–water partition coefficient (Wildman–Crippen LogP) is 1.01. The first kappa shape index (κ1) is 17.7. The molecule has 0 saturated carbocycles. The molecule has 2 aromatic rings. The van der Waals surface area contributed by atoms with Crippen molar-refractivity contribution in [3.63, 3.8) is 0 Å². The van der Waals surface area contributed by atoms with Crippen molar-refractivity contribution >= 4 is 21.9 Å². The Labute approximate surface area is 155 Å². The maximum Gasteiger partial charge on any atom is 0.315 e. The Hall–Kier alpha value is -2.75. The zero-order chi connectivity index (χ0) is 19.2. The number of carbonyl (C=O) groups is 2. The number of rotatable bonds is 3. The largest absolute Gasteiger partial charge is 0.426 e. The normalized spacial score (nSPS) is 16.4. The summed E-state index contributed by atoms with van der Waals surface area (Å²) in [6.07, 6.45) is 0.519. The maximum absolute atomic E-state index is 13.0. The van der Waals surface area contributed by atoms with Crippen molar-refractivity contribution in [2.45, 2.75) is 24.3 Å². The quantitative estimate of drug-likeness (QED) is 0.351. The molecular weight excluding hydrogens is 372 g/mol. The first-order chi connectivity index (χ1) is 12.9. The van der Waals surface area contributed by atoms with E-state index < -0.39 is 21.9 Å². The van der Waals surface area contributed by atoms with Crippen LogP contribution in [0.2, 0.25) is 0 Å². The van der Waals surface area contributed by atoms with E-state index in [0.717, 1.165) is 11.1 Å². The van der Waals surface area contributed by atoms with Crippen LogP contribution in [0.25, 0.3) is 0 Å². The zero-order valence-corrected chi connectivity index (χ0v) is 15.0. The number of carbonyl (C=O) groups excluding carboxylic acids is 2. The Bertz CT molecular complexity index is 1060. The lowest BCUT2D eigenvalue weighted by Gasteiger charge is -2.28. The van der Waals surface area contributed by atoms with E-state index in [2.05, 4.69) is 0 Å². The first-order valence-electron chi connectivity index (χ1n) is 8.28. The van der Waals surface area contributed by atoms with Crippen molar-refractivity contribution in [2.75, 3.05) is 6.54 Å². The molecule has 0 unspecified atom stereocenters. The number of sulfonamides is 1. The van der Waals surface area contributed by atoms with Gasteiger partial charge in [-0.1, -0.05) is 6.07 Å². The summed E-state index contributed by atoms with van der Waals surface area (Å²) in [6.45, 7) is 0.456. The van der Waals surface area contributed by atoms with Gasteiger partial charge < -0.3 is 4.74 Å². The standard InChI is InChI=1S/C18H16N2O6S/c21-17-9-14-8-15(3-4-16(14)26-17)27(24,25)20-6-5-11-7-12(18(22)19-23)1-2-13(11)10-20/h1-4,7-8,23H,5-6,9-10H2,(H,19,22). The van der Waals surface area contributed by atoms with Crippen LogP contribution in [-0.2, 0) is 34.2 Å². The molecule has 0 spiro atoms. The predicted molar refractivity (Wildman–Crippen MR) is 92.8 cm³/mol. The number of nitrogens with zero attached hydrogens (tertiary/aromatic N) is 1. The number of hydroxylamine groups is 1. The summed E-state index contributed by atoms with van der Waals surface area (Å²) in [5.74, 6) is -0.602. The van der Waals surface area contributed by atoms with Crippen LogP contribution in [0.1, 0.15) is 27.0 Å². The number of esters is 1. The van der Waals surface area contributed by atoms with Crippen LogP contribution in [0, 0.1) is 0 Å². The molecule has 2 N–H and O–H groups in total. The Balaban J connectivity index is 1.61. The molecule has 2 aromatic carbocycles. The van der Waals surface area contributed by atoms with E-state index in [1.165, 1.54) is 22.5 Å². The van der Waals surface area contributed by atoms with Gasteiger partial charge in [-0.2, -0.15) is 4.31 Å². The van der Waals surface area contributed by atoms with Gasteiger partial charge in [-0.3, -0.25) is 14.8 Å². The fraction of sp³-hybridized carbons (Fsp3) is 0.222. The summed E-state index contributed by atoms with van der Waals surface area (Å²) in [7, 11) is -3.73. The van der Waals surface area contributed by atoms with Gasteiger partial charge in [-0.05, 0) is 47.9 Å². The molecule has 0 fully saturated rings. The minimum absolute atomic E-state index is 0.0667. The van der Waals surface area contributed by atoms with Gasteiger partial charge >= 0.3 is 5.97 Å². The molecule has 0 aromatic heterocycles. The summed E-state index contributed by atoms with van der Waals surface area (Å²) in [4.78, 5) is 23.0. The van der Waals surface area contributed by atoms with Gasteiger partial charge in [0.05, 0.1) is 11.3 Å². The highest BCUT2D eigenvalue weighted by atomic mass is 32.2. The van der Waals surface area contributed by atoms with Crippen molar-refractivity contribution in [1.29, 1.82) is 0 Å². The third kappa shape index (κ3) is 3.09. The number of hydrogen-bond acceptors (Lipinski definition) is 6. The highest BCUT2D eigenvalue weighted by Gasteiger charge is 2.30. The van der Waals surface area contributed by atoms with Gasteiger partial charge in [-0.15, -0.1) is 0 Å². The summed E-state index contributed by atoms with van der Waals surface area (Å²) >= 11 is 0. The lowest BCUT2D eigenvalue weighted by Crippen LogP contribution is -2.36. The summed E-state index contributed by atoms with van der Waals surface area (Å²) in [5, 5.41) is 8.73. The van der Waals surface area contributed by atoms with Crippen molar-refractivity contribution in [1.82, 2.24) is 9.79 Å². The monoisotopic (exact) mass is 388 g/mol. The van der Waals surface area contributed by atoms with Gasteiger partial charge in [0, 0.05) is 24.2 Å². The van der Waals surface area contributed by atoms with E-state index in [4.69, 9.17) is 9.94 Å². The number of fused-ring (bicyclic) bond motifs is 2. The molecule has 4 rings (SSSR count). The molecule has 0 aliphatic carbocycles. The number of benzene rings is 2. The van der Waals surface area contributed by atoms with Crippen molar-refractivity contribution < 1.29 is 28.0 Å². The molecule has 27 heavy (non-hydrogen) atoms. The van der Waals surface area contributed by atoms with E-state index in [9.17, 15) is 18.0 Å². The minimum Gasteiger partial charge on any atom is -0.426 e. The fourth-order valence-corrected chi connectivity index (χ4v) is 4.83. The lowest BCUT2D eigenvalue weighted by molar-refractivity contribution is -0.131. The zero-order valence-electron chi connectivity index (χ0n) is 14.1. The highest BCUT2D eigenvalue weighted by Crippen LogP contribution is 2.31. The van der Waals surface area contributed by atoms with Gasteiger partial charge in [-0.25, -0.2) is 13.9 Å². The molecule has 1 amide bonds. The van der Waals surface area contributed by atoms with Gasteiger partial charge in [0.2, 0.25) is 10.0 Å². The summed E-state index contributed by atoms with van der Waals surface area (Å²) < 4.78 is 32.4. The van der Waals surface area contributed by atoms with Crippen LogP contribution in [0.15, 0.2) is 41.3 Å². The molecule has 0 radical (unpaired) electrons. The van der Waals surface area contributed by atoms with Crippen LogP contribution >= 0.6 is 0 Å². The molecule has 0 saturated heterocycles. The van der Waals surface area contributed by atoms with Crippen molar-refractivity contribution in [2.24, 2.45) is 0 Å². The third-order valence-electron chi connectivity index (χ3n) is 4.78. The topological polar surface area (TPSA) is 113 Å². The molecule has 2 aliphatic heterocycles. The van der Waals surface area contributed by atoms with E-state index in [-0.39, 0.29) is 24.4 Å². The average Bonchev–Trinajstić information content (AvgIpc) is 3.05. The highest BCUT2D eigenvalue weighted by molar-refractivity contribution is 7.89. The molecule has 0 atom stereocenters. The summed E-state index contributed by atoms with van der Waals surface area (Å²) in [5.41, 5.74) is 4.15. The van der Waals surface area contributed by atoms with Crippen molar-refractivity contribution in [3.8, 4) is 5.75 Å². The molecule has 2 heterocycles. The van der Waals surface area contributed by atoms with Gasteiger partial charge in [0.1, 0.15) is 5.75 Å². The van der Waals surface area contributed by atoms with Crippen LogP contribution in [-0.4, -0.2) is 36.4 Å². The van der Waals surface area contributed by atoms with E-state index in [1.54, 1.807) is 23.7 Å². The lowest BCUT2D eigenvalue weighted by atomic mass is 9.98. The molecule has 9 heteroatoms. The minimum atomic E-state index is -3.73. The second-order valence-electron chi connectivity index (χ2n) is 6.43. The number of amides is 1. The second kappa shape index (κ2) is 6.45. The second-order valence-corrected chi connectivity index (χ2v) is 8.37. The van der Waals surface area contributed by atoms with Crippen molar-refractivity contribution in [3.05, 3.63) is 58.7 Å². The Morgan fingerprint density at radius 1 is 1.11 bits per heavy atom. The third-order valence-corrected chi connectivity index (χ3v) is 6.62. The maximum atomic E-state index is 13.0. The average molecular weight is 388 g/mol. The van der Waals surface area contributed by atoms with E-state index in [1.807, 2.05) is 0 Å². The van der Waals surface area contributed by atoms with E-state index >= 15 is 0 Å². The number of ether oxygens (including phenoxy) is 1. The first-order valence-corrected chi connectivity index (χ1v) is 9.72. The van der Waals surface area contributed by atoms with E-state index in [0.29, 0.717) is 23.3 Å². The smallest absolute Gasteiger partial charge is 0.315 e. The van der Waals surface area contributed by atoms with Crippen LogP contribution in [0.5, 0.6) is 5.75 Å². The van der Waals surface area contributed by atoms with Gasteiger partial charge in [0.15, 0.2) is 0 Å². The Kier molecular flexibility index (Phi) is 4.22. The molecular formula is C18H16N2O6S. The van der Waals surface area contributed by atoms with Crippen LogP contribution < -0.4 is 10.2 Å². The fourth-order valence-electron chi connectivity index (χ4n) is 3.36. The molecule has 8 nitrogen and oxygen atoms in total. The van der Waals surface area contributed by atoms with Crippen LogP contribution in [0.3, 0.4) is 0 Å². The number of hydrogen-bond donors (Lipinski definition) is 2. The molecule has 140 valence electrons.